The van der Waals surface area contributed by atoms with Crippen molar-refractivity contribution in [3.8, 4) is 5.75 Å². The van der Waals surface area contributed by atoms with E-state index in [0.29, 0.717) is 41.4 Å². The van der Waals surface area contributed by atoms with E-state index >= 15 is 0 Å². The molecule has 0 radical (unpaired) electrons. The number of hydrogen-bond donors (Lipinski definition) is 2. The van der Waals surface area contributed by atoms with E-state index in [1.54, 1.807) is 50.6 Å². The van der Waals surface area contributed by atoms with Crippen LogP contribution >= 0.6 is 11.3 Å². The molecule has 3 aromatic rings. The first-order chi connectivity index (χ1) is 16.8. The number of carbonyl (C=O) groups excluding carboxylic acids is 3. The molecule has 182 valence electrons. The van der Waals surface area contributed by atoms with Crippen molar-refractivity contribution in [1.82, 2.24) is 19.4 Å². The summed E-state index contributed by atoms with van der Waals surface area (Å²) in [5, 5.41) is 11.6. The topological polar surface area (TPSA) is 141 Å². The molecule has 0 saturated heterocycles. The summed E-state index contributed by atoms with van der Waals surface area (Å²) in [6, 6.07) is 5.88. The Balaban J connectivity index is 1.66. The van der Waals surface area contributed by atoms with Crippen LogP contribution in [0, 0.1) is 13.8 Å². The maximum Gasteiger partial charge on any atom is 0.290 e. The fraction of sp³-hybridized carbons (Fsp3) is 0.292. The van der Waals surface area contributed by atoms with Crippen LogP contribution in [0.2, 0.25) is 0 Å². The molecule has 4 rings (SSSR count). The molecule has 11 heteroatoms. The number of benzene rings is 1. The fourth-order valence-electron chi connectivity index (χ4n) is 4.07. The van der Waals surface area contributed by atoms with E-state index in [4.69, 9.17) is 10.5 Å². The van der Waals surface area contributed by atoms with E-state index in [9.17, 15) is 19.5 Å². The zero-order valence-corrected chi connectivity index (χ0v) is 20.1. The number of ether oxygens (including phenoxy) is 1. The van der Waals surface area contributed by atoms with Crippen LogP contribution in [0.3, 0.4) is 0 Å². The molecule has 0 saturated carbocycles. The summed E-state index contributed by atoms with van der Waals surface area (Å²) >= 11 is 1.23. The second-order valence-electron chi connectivity index (χ2n) is 8.12. The van der Waals surface area contributed by atoms with Crippen molar-refractivity contribution < 1.29 is 24.2 Å². The number of imidazole rings is 1. The van der Waals surface area contributed by atoms with Gasteiger partial charge in [0.15, 0.2) is 12.4 Å². The smallest absolute Gasteiger partial charge is 0.290 e. The molecule has 10 nitrogen and oxygen atoms in total. The van der Waals surface area contributed by atoms with Crippen molar-refractivity contribution in [2.75, 3.05) is 13.2 Å². The second-order valence-corrected chi connectivity index (χ2v) is 9.32. The lowest BCUT2D eigenvalue weighted by Crippen LogP contribution is -2.32. The highest BCUT2D eigenvalue weighted by atomic mass is 32.1. The van der Waals surface area contributed by atoms with Crippen molar-refractivity contribution in [3.05, 3.63) is 75.5 Å². The van der Waals surface area contributed by atoms with Gasteiger partial charge < -0.3 is 25.0 Å². The SMILES string of the molecule is Cc1nc(C)c(C(=O)C2=C(O)C(=O)N(CCCn3ccnc3)C2c2ccc(OCC(N)=O)cc2)s1. The number of amides is 2. The van der Waals surface area contributed by atoms with Crippen molar-refractivity contribution in [2.45, 2.75) is 32.9 Å². The molecule has 2 aromatic heterocycles. The van der Waals surface area contributed by atoms with Gasteiger partial charge >= 0.3 is 0 Å². The number of hydrogen-bond acceptors (Lipinski definition) is 8. The number of aryl methyl sites for hydroxylation is 3. The predicted octanol–water partition coefficient (Wildman–Crippen LogP) is 2.49. The van der Waals surface area contributed by atoms with Crippen LogP contribution in [-0.2, 0) is 16.1 Å². The van der Waals surface area contributed by atoms with Crippen molar-refractivity contribution >= 4 is 28.9 Å². The van der Waals surface area contributed by atoms with Gasteiger partial charge in [-0.3, -0.25) is 14.4 Å². The Kier molecular flexibility index (Phi) is 6.97. The third-order valence-corrected chi connectivity index (χ3v) is 6.68. The molecule has 1 aliphatic rings. The van der Waals surface area contributed by atoms with E-state index in [-0.39, 0.29) is 12.2 Å². The molecule has 3 N–H and O–H groups in total. The standard InChI is InChI=1S/C24H25N5O5S/c1-14-23(35-15(2)27-14)21(31)19-20(16-4-6-17(7-5-16)34-12-18(25)30)29(24(33)22(19)32)10-3-9-28-11-8-26-13-28/h4-8,11,13,20,32H,3,9-10,12H2,1-2H3,(H2,25,30). The molecule has 0 bridgehead atoms. The number of ketones is 1. The second kappa shape index (κ2) is 10.1. The molecule has 1 aromatic carbocycles. The van der Waals surface area contributed by atoms with Gasteiger partial charge in [0.1, 0.15) is 5.75 Å². The average Bonchev–Trinajstić information content (AvgIpc) is 3.52. The molecule has 1 aliphatic heterocycles. The summed E-state index contributed by atoms with van der Waals surface area (Å²) in [5.74, 6) is -1.76. The van der Waals surface area contributed by atoms with E-state index < -0.39 is 29.4 Å². The molecular weight excluding hydrogens is 470 g/mol. The molecule has 35 heavy (non-hydrogen) atoms. The Labute approximate surface area is 205 Å². The van der Waals surface area contributed by atoms with Gasteiger partial charge in [0.2, 0.25) is 5.78 Å². The molecular formula is C24H25N5O5S. The van der Waals surface area contributed by atoms with Crippen LogP contribution in [0.25, 0.3) is 0 Å². The number of aliphatic hydroxyl groups excluding tert-OH is 1. The minimum Gasteiger partial charge on any atom is -0.503 e. The van der Waals surface area contributed by atoms with Gasteiger partial charge in [-0.05, 0) is 38.0 Å². The zero-order chi connectivity index (χ0) is 25.1. The highest BCUT2D eigenvalue weighted by molar-refractivity contribution is 7.14. The van der Waals surface area contributed by atoms with Gasteiger partial charge in [-0.25, -0.2) is 9.97 Å². The van der Waals surface area contributed by atoms with E-state index in [1.165, 1.54) is 16.2 Å². The summed E-state index contributed by atoms with van der Waals surface area (Å²) in [6.45, 7) is 4.19. The van der Waals surface area contributed by atoms with Crippen LogP contribution in [0.15, 0.2) is 54.3 Å². The lowest BCUT2D eigenvalue weighted by atomic mass is 9.95. The normalized spacial score (nSPS) is 15.7. The van der Waals surface area contributed by atoms with Crippen molar-refractivity contribution in [1.29, 1.82) is 0 Å². The minimum atomic E-state index is -0.787. The molecule has 2 amide bonds. The van der Waals surface area contributed by atoms with E-state index in [1.807, 2.05) is 10.8 Å². The van der Waals surface area contributed by atoms with E-state index in [2.05, 4.69) is 9.97 Å². The maximum atomic E-state index is 13.6. The first kappa shape index (κ1) is 24.1. The highest BCUT2D eigenvalue weighted by Gasteiger charge is 2.44. The summed E-state index contributed by atoms with van der Waals surface area (Å²) < 4.78 is 7.22. The monoisotopic (exact) mass is 495 g/mol. The maximum absolute atomic E-state index is 13.6. The molecule has 3 heterocycles. The lowest BCUT2D eigenvalue weighted by molar-refractivity contribution is -0.129. The van der Waals surface area contributed by atoms with Gasteiger partial charge in [-0.1, -0.05) is 12.1 Å². The predicted molar refractivity (Wildman–Crippen MR) is 128 cm³/mol. The number of rotatable bonds is 10. The summed E-state index contributed by atoms with van der Waals surface area (Å²) in [5.41, 5.74) is 6.33. The third kappa shape index (κ3) is 5.09. The Bertz CT molecular complexity index is 1280. The van der Waals surface area contributed by atoms with E-state index in [0.717, 1.165) is 5.01 Å². The van der Waals surface area contributed by atoms with Crippen LogP contribution in [0.5, 0.6) is 5.75 Å². The lowest BCUT2D eigenvalue weighted by Gasteiger charge is -2.27. The molecule has 0 aliphatic carbocycles. The quantitative estimate of drug-likeness (QED) is 0.412. The van der Waals surface area contributed by atoms with Gasteiger partial charge in [0, 0.05) is 25.5 Å². The Morgan fingerprint density at radius 3 is 2.54 bits per heavy atom. The third-order valence-electron chi connectivity index (χ3n) is 5.61. The van der Waals surface area contributed by atoms with Crippen LogP contribution in [0.1, 0.15) is 38.4 Å². The zero-order valence-electron chi connectivity index (χ0n) is 19.3. The van der Waals surface area contributed by atoms with Crippen LogP contribution in [-0.4, -0.2) is 55.3 Å². The van der Waals surface area contributed by atoms with Gasteiger partial charge in [-0.2, -0.15) is 0 Å². The largest absolute Gasteiger partial charge is 0.503 e. The fourth-order valence-corrected chi connectivity index (χ4v) is 4.94. The Morgan fingerprint density at radius 1 is 1.20 bits per heavy atom. The Hall–Kier alpha value is -3.99. The van der Waals surface area contributed by atoms with Gasteiger partial charge in [0.25, 0.3) is 11.8 Å². The average molecular weight is 496 g/mol. The first-order valence-corrected chi connectivity index (χ1v) is 11.8. The number of carbonyl (C=O) groups is 3. The molecule has 0 fully saturated rings. The van der Waals surface area contributed by atoms with Crippen molar-refractivity contribution in [3.63, 3.8) is 0 Å². The number of aliphatic hydroxyl groups is 1. The minimum absolute atomic E-state index is 0.0233. The number of nitrogens with zero attached hydrogens (tertiary/aromatic N) is 4. The van der Waals surface area contributed by atoms with Gasteiger partial charge in [0.05, 0.1) is 33.5 Å². The first-order valence-electron chi connectivity index (χ1n) is 11.0. The Morgan fingerprint density at radius 2 is 1.94 bits per heavy atom. The number of thiazole rings is 1. The number of aromatic nitrogens is 3. The van der Waals surface area contributed by atoms with Crippen molar-refractivity contribution in [2.24, 2.45) is 5.73 Å². The summed E-state index contributed by atoms with van der Waals surface area (Å²) in [4.78, 5) is 47.9. The summed E-state index contributed by atoms with van der Waals surface area (Å²) in [7, 11) is 0. The number of nitrogens with two attached hydrogens (primary N) is 1. The highest BCUT2D eigenvalue weighted by Crippen LogP contribution is 2.40. The van der Waals surface area contributed by atoms with Crippen LogP contribution < -0.4 is 10.5 Å². The molecule has 0 spiro atoms. The molecule has 1 unspecified atom stereocenters. The molecule has 1 atom stereocenters. The van der Waals surface area contributed by atoms with Crippen LogP contribution in [0.4, 0.5) is 0 Å². The number of Topliss-reactive ketones (excluding diaryl/α,β-unsaturated/α-hetero) is 1. The number of primary amides is 1. The summed E-state index contributed by atoms with van der Waals surface area (Å²) in [6.07, 6.45) is 5.78. The van der Waals surface area contributed by atoms with Gasteiger partial charge in [-0.15, -0.1) is 11.3 Å².